The first kappa shape index (κ1) is 6.49. The molecule has 1 rings (SSSR count). The van der Waals surface area contributed by atoms with Gasteiger partial charge in [0, 0.05) is 18.0 Å². The van der Waals surface area contributed by atoms with Gasteiger partial charge in [-0.1, -0.05) is 0 Å². The second-order valence-electron chi connectivity index (χ2n) is 2.69. The molecular formula is C7H12N2. The summed E-state index contributed by atoms with van der Waals surface area (Å²) in [7, 11) is 0. The molecule has 2 N–H and O–H groups in total. The fourth-order valence-corrected chi connectivity index (χ4v) is 0.808. The molecule has 0 aromatic carbocycles. The third kappa shape index (κ3) is 1.98. The van der Waals surface area contributed by atoms with Gasteiger partial charge in [-0.25, -0.2) is 0 Å². The first-order valence-corrected chi connectivity index (χ1v) is 3.19. The summed E-state index contributed by atoms with van der Waals surface area (Å²) in [6.45, 7) is 2.01. The maximum Gasteiger partial charge on any atom is 0.0331 e. The lowest BCUT2D eigenvalue weighted by atomic mass is 9.98. The minimum atomic E-state index is -0.142. The molecule has 0 spiro atoms. The Balaban J connectivity index is 2.62. The van der Waals surface area contributed by atoms with Crippen molar-refractivity contribution in [2.45, 2.75) is 25.3 Å². The van der Waals surface area contributed by atoms with Crippen LogP contribution < -0.4 is 5.73 Å². The second-order valence-corrected chi connectivity index (χ2v) is 2.69. The van der Waals surface area contributed by atoms with Crippen LogP contribution in [0.3, 0.4) is 0 Å². The topological polar surface area (TPSA) is 38.4 Å². The van der Waals surface area contributed by atoms with Gasteiger partial charge in [0.15, 0.2) is 0 Å². The van der Waals surface area contributed by atoms with Gasteiger partial charge in [0.25, 0.3) is 0 Å². The average Bonchev–Trinajstić information content (AvgIpc) is 1.92. The molecular weight excluding hydrogens is 112 g/mol. The van der Waals surface area contributed by atoms with Crippen LogP contribution in [0.4, 0.5) is 0 Å². The largest absolute Gasteiger partial charge is 0.322 e. The molecule has 0 aromatic rings. The van der Waals surface area contributed by atoms with Crippen LogP contribution in [0.2, 0.25) is 0 Å². The summed E-state index contributed by atoms with van der Waals surface area (Å²) in [5, 5.41) is 0. The van der Waals surface area contributed by atoms with Gasteiger partial charge in [-0.15, -0.1) is 0 Å². The Labute approximate surface area is 55.5 Å². The number of hydrogen-bond acceptors (Lipinski definition) is 2. The summed E-state index contributed by atoms with van der Waals surface area (Å²) in [5.74, 6) is 0. The Morgan fingerprint density at radius 3 is 3.22 bits per heavy atom. The van der Waals surface area contributed by atoms with Crippen LogP contribution in [-0.4, -0.2) is 11.8 Å². The van der Waals surface area contributed by atoms with Crippen LogP contribution in [0.15, 0.2) is 17.3 Å². The molecule has 0 aromatic heterocycles. The van der Waals surface area contributed by atoms with E-state index in [-0.39, 0.29) is 5.54 Å². The Kier molecular flexibility index (Phi) is 1.67. The summed E-state index contributed by atoms with van der Waals surface area (Å²) < 4.78 is 0. The van der Waals surface area contributed by atoms with Crippen molar-refractivity contribution < 1.29 is 0 Å². The van der Waals surface area contributed by atoms with Gasteiger partial charge >= 0.3 is 0 Å². The van der Waals surface area contributed by atoms with E-state index < -0.39 is 0 Å². The fraction of sp³-hybridized carbons (Fsp3) is 0.571. The zero-order chi connectivity index (χ0) is 6.74. The predicted octanol–water partition coefficient (Wildman–Crippen LogP) is 1.08. The summed E-state index contributed by atoms with van der Waals surface area (Å²) in [6.07, 6.45) is 7.59. The summed E-state index contributed by atoms with van der Waals surface area (Å²) >= 11 is 0. The molecule has 1 aliphatic heterocycles. The van der Waals surface area contributed by atoms with Crippen molar-refractivity contribution in [3.8, 4) is 0 Å². The molecule has 0 fully saturated rings. The second kappa shape index (κ2) is 2.31. The van der Waals surface area contributed by atoms with Crippen molar-refractivity contribution in [1.82, 2.24) is 0 Å². The van der Waals surface area contributed by atoms with Gasteiger partial charge in [0.2, 0.25) is 0 Å². The van der Waals surface area contributed by atoms with E-state index in [0.29, 0.717) is 0 Å². The highest BCUT2D eigenvalue weighted by molar-refractivity contribution is 5.59. The average molecular weight is 124 g/mol. The zero-order valence-electron chi connectivity index (χ0n) is 5.67. The molecule has 1 heterocycles. The summed E-state index contributed by atoms with van der Waals surface area (Å²) in [5.41, 5.74) is 5.67. The smallest absolute Gasteiger partial charge is 0.0331 e. The Bertz CT molecular complexity index is 145. The van der Waals surface area contributed by atoms with Gasteiger partial charge < -0.3 is 5.73 Å². The highest BCUT2D eigenvalue weighted by Gasteiger charge is 2.13. The van der Waals surface area contributed by atoms with Crippen LogP contribution in [0.1, 0.15) is 19.8 Å². The molecule has 0 radical (unpaired) electrons. The van der Waals surface area contributed by atoms with E-state index in [2.05, 4.69) is 4.99 Å². The van der Waals surface area contributed by atoms with Gasteiger partial charge in [-0.05, 0) is 25.8 Å². The predicted molar refractivity (Wildman–Crippen MR) is 39.5 cm³/mol. The number of nitrogens with two attached hydrogens (primary N) is 1. The van der Waals surface area contributed by atoms with E-state index in [9.17, 15) is 0 Å². The molecule has 9 heavy (non-hydrogen) atoms. The molecule has 1 unspecified atom stereocenters. The molecule has 0 bridgehead atoms. The molecule has 2 nitrogen and oxygen atoms in total. The van der Waals surface area contributed by atoms with Crippen LogP contribution >= 0.6 is 0 Å². The molecule has 50 valence electrons. The van der Waals surface area contributed by atoms with Gasteiger partial charge in [0.05, 0.1) is 0 Å². The molecule has 0 amide bonds. The maximum atomic E-state index is 5.81. The lowest BCUT2D eigenvalue weighted by Gasteiger charge is -2.16. The van der Waals surface area contributed by atoms with Crippen molar-refractivity contribution in [2.75, 3.05) is 0 Å². The number of hydrogen-bond donors (Lipinski definition) is 1. The van der Waals surface area contributed by atoms with E-state index in [1.165, 1.54) is 0 Å². The quantitative estimate of drug-likeness (QED) is 0.515. The van der Waals surface area contributed by atoms with Gasteiger partial charge in [0.1, 0.15) is 0 Å². The van der Waals surface area contributed by atoms with E-state index in [0.717, 1.165) is 12.8 Å². The minimum absolute atomic E-state index is 0.142. The van der Waals surface area contributed by atoms with E-state index in [1.807, 2.05) is 19.2 Å². The van der Waals surface area contributed by atoms with Crippen LogP contribution in [0.5, 0.6) is 0 Å². The van der Waals surface area contributed by atoms with Crippen LogP contribution in [-0.2, 0) is 0 Å². The summed E-state index contributed by atoms with van der Waals surface area (Å²) in [6, 6.07) is 0. The standard InChI is InChI=1S/C7H12N2/c1-7(8)3-2-5-9-6-4-7/h4-6H,2-3,8H2,1H3. The molecule has 1 atom stereocenters. The molecule has 0 saturated heterocycles. The lowest BCUT2D eigenvalue weighted by Crippen LogP contribution is -2.32. The van der Waals surface area contributed by atoms with Crippen molar-refractivity contribution in [3.63, 3.8) is 0 Å². The van der Waals surface area contributed by atoms with E-state index in [4.69, 9.17) is 5.73 Å². The number of aliphatic imine (C=N–C) groups is 1. The SMILES string of the molecule is CC1(N)C=CN=CCC1. The molecule has 0 aliphatic carbocycles. The van der Waals surface area contributed by atoms with E-state index >= 15 is 0 Å². The Morgan fingerprint density at radius 1 is 1.67 bits per heavy atom. The molecule has 2 heteroatoms. The third-order valence-electron chi connectivity index (χ3n) is 1.46. The Hall–Kier alpha value is -0.630. The molecule has 1 aliphatic rings. The summed E-state index contributed by atoms with van der Waals surface area (Å²) in [4.78, 5) is 3.98. The van der Waals surface area contributed by atoms with Crippen molar-refractivity contribution in [1.29, 1.82) is 0 Å². The first-order valence-electron chi connectivity index (χ1n) is 3.19. The fourth-order valence-electron chi connectivity index (χ4n) is 0.808. The van der Waals surface area contributed by atoms with Crippen LogP contribution in [0, 0.1) is 0 Å². The van der Waals surface area contributed by atoms with Crippen molar-refractivity contribution in [3.05, 3.63) is 12.3 Å². The minimum Gasteiger partial charge on any atom is -0.322 e. The maximum absolute atomic E-state index is 5.81. The number of rotatable bonds is 0. The third-order valence-corrected chi connectivity index (χ3v) is 1.46. The number of nitrogens with zero attached hydrogens (tertiary/aromatic N) is 1. The van der Waals surface area contributed by atoms with Gasteiger partial charge in [-0.3, -0.25) is 4.99 Å². The van der Waals surface area contributed by atoms with Crippen molar-refractivity contribution in [2.24, 2.45) is 10.7 Å². The van der Waals surface area contributed by atoms with Gasteiger partial charge in [-0.2, -0.15) is 0 Å². The highest BCUT2D eigenvalue weighted by atomic mass is 14.7. The van der Waals surface area contributed by atoms with Crippen LogP contribution in [0.25, 0.3) is 0 Å². The molecule has 0 saturated carbocycles. The Morgan fingerprint density at radius 2 is 2.44 bits per heavy atom. The van der Waals surface area contributed by atoms with E-state index in [1.54, 1.807) is 6.20 Å². The van der Waals surface area contributed by atoms with Crippen molar-refractivity contribution >= 4 is 6.21 Å². The first-order chi connectivity index (χ1) is 4.21. The lowest BCUT2D eigenvalue weighted by molar-refractivity contribution is 0.551. The zero-order valence-corrected chi connectivity index (χ0v) is 5.67. The highest BCUT2D eigenvalue weighted by Crippen LogP contribution is 2.11. The monoisotopic (exact) mass is 124 g/mol. The normalized spacial score (nSPS) is 34.4.